The second kappa shape index (κ2) is 6.47. The van der Waals surface area contributed by atoms with Crippen molar-refractivity contribution in [1.82, 2.24) is 10.2 Å². The number of hydrogen-bond donors (Lipinski definition) is 1. The first kappa shape index (κ1) is 14.5. The number of amides is 1. The number of carbonyl (C=O) groups excluding carboxylic acids is 1. The van der Waals surface area contributed by atoms with E-state index in [2.05, 4.69) is 12.2 Å². The highest BCUT2D eigenvalue weighted by atomic mass is 16.6. The van der Waals surface area contributed by atoms with Crippen molar-refractivity contribution in [1.29, 1.82) is 0 Å². The Morgan fingerprint density at radius 3 is 2.95 bits per heavy atom. The maximum Gasteiger partial charge on any atom is 0.269 e. The van der Waals surface area contributed by atoms with Crippen molar-refractivity contribution in [3.8, 4) is 0 Å². The van der Waals surface area contributed by atoms with Crippen LogP contribution in [0.25, 0.3) is 0 Å². The Morgan fingerprint density at radius 1 is 1.45 bits per heavy atom. The molecule has 0 radical (unpaired) electrons. The smallest absolute Gasteiger partial charge is 0.269 e. The predicted molar refractivity (Wildman–Crippen MR) is 75.1 cm³/mol. The summed E-state index contributed by atoms with van der Waals surface area (Å²) in [5, 5.41) is 13.7. The Hall–Kier alpha value is -1.95. The fourth-order valence-corrected chi connectivity index (χ4v) is 2.44. The molecule has 1 fully saturated rings. The fraction of sp³-hybridized carbons (Fsp3) is 0.500. The van der Waals surface area contributed by atoms with Crippen LogP contribution in [-0.4, -0.2) is 28.8 Å². The highest BCUT2D eigenvalue weighted by Crippen LogP contribution is 2.25. The van der Waals surface area contributed by atoms with Gasteiger partial charge in [-0.05, 0) is 12.0 Å². The zero-order chi connectivity index (χ0) is 14.5. The number of nitro benzene ring substituents is 1. The Morgan fingerprint density at radius 2 is 2.25 bits per heavy atom. The first-order valence-electron chi connectivity index (χ1n) is 6.89. The molecule has 6 nitrogen and oxygen atoms in total. The van der Waals surface area contributed by atoms with Gasteiger partial charge in [0.2, 0.25) is 5.91 Å². The van der Waals surface area contributed by atoms with Crippen molar-refractivity contribution in [3.63, 3.8) is 0 Å². The highest BCUT2D eigenvalue weighted by Gasteiger charge is 2.30. The fourth-order valence-electron chi connectivity index (χ4n) is 2.44. The summed E-state index contributed by atoms with van der Waals surface area (Å²) in [5.41, 5.74) is 0.818. The van der Waals surface area contributed by atoms with Crippen LogP contribution in [0.5, 0.6) is 0 Å². The monoisotopic (exact) mass is 277 g/mol. The number of nitrogens with one attached hydrogen (secondary N) is 1. The SMILES string of the molecule is CCCCCN1CC(=O)N[C@H]1c1cccc([N+](=O)[O-])c1. The van der Waals surface area contributed by atoms with E-state index in [9.17, 15) is 14.9 Å². The summed E-state index contributed by atoms with van der Waals surface area (Å²) in [4.78, 5) is 24.1. The van der Waals surface area contributed by atoms with Crippen LogP contribution < -0.4 is 5.32 Å². The minimum atomic E-state index is -0.415. The Labute approximate surface area is 117 Å². The van der Waals surface area contributed by atoms with Crippen LogP contribution in [0, 0.1) is 10.1 Å². The first-order valence-corrected chi connectivity index (χ1v) is 6.89. The average molecular weight is 277 g/mol. The second-order valence-corrected chi connectivity index (χ2v) is 5.00. The Balaban J connectivity index is 2.14. The van der Waals surface area contributed by atoms with Crippen molar-refractivity contribution in [2.75, 3.05) is 13.1 Å². The summed E-state index contributed by atoms with van der Waals surface area (Å²) < 4.78 is 0. The van der Waals surface area contributed by atoms with Gasteiger partial charge in [0.25, 0.3) is 5.69 Å². The summed E-state index contributed by atoms with van der Waals surface area (Å²) in [6.07, 6.45) is 3.01. The van der Waals surface area contributed by atoms with E-state index in [4.69, 9.17) is 0 Å². The zero-order valence-corrected chi connectivity index (χ0v) is 11.5. The van der Waals surface area contributed by atoms with Crippen LogP contribution in [0.2, 0.25) is 0 Å². The first-order chi connectivity index (χ1) is 9.61. The van der Waals surface area contributed by atoms with Crippen molar-refractivity contribution >= 4 is 11.6 Å². The van der Waals surface area contributed by atoms with Crippen LogP contribution in [0.3, 0.4) is 0 Å². The molecule has 0 unspecified atom stereocenters. The van der Waals surface area contributed by atoms with Crippen LogP contribution in [-0.2, 0) is 4.79 Å². The third kappa shape index (κ3) is 3.33. The number of nitro groups is 1. The van der Waals surface area contributed by atoms with Crippen LogP contribution >= 0.6 is 0 Å². The van der Waals surface area contributed by atoms with Gasteiger partial charge in [-0.25, -0.2) is 0 Å². The molecular weight excluding hydrogens is 258 g/mol. The topological polar surface area (TPSA) is 75.5 Å². The van der Waals surface area contributed by atoms with Crippen LogP contribution in [0.1, 0.15) is 37.9 Å². The molecule has 1 heterocycles. The highest BCUT2D eigenvalue weighted by molar-refractivity contribution is 5.80. The number of rotatable bonds is 6. The lowest BCUT2D eigenvalue weighted by Gasteiger charge is -2.23. The molecule has 0 bridgehead atoms. The van der Waals surface area contributed by atoms with E-state index in [1.165, 1.54) is 12.1 Å². The zero-order valence-electron chi connectivity index (χ0n) is 11.5. The molecule has 1 saturated heterocycles. The Bertz CT molecular complexity index is 504. The van der Waals surface area contributed by atoms with Crippen molar-refractivity contribution in [2.24, 2.45) is 0 Å². The van der Waals surface area contributed by atoms with Crippen LogP contribution in [0.4, 0.5) is 5.69 Å². The largest absolute Gasteiger partial charge is 0.335 e. The molecule has 1 N–H and O–H groups in total. The van der Waals surface area contributed by atoms with Gasteiger partial charge in [-0.1, -0.05) is 31.9 Å². The molecule has 1 aliphatic rings. The molecule has 0 saturated carbocycles. The van der Waals surface area contributed by atoms with Crippen molar-refractivity contribution in [2.45, 2.75) is 32.4 Å². The molecule has 0 aromatic heterocycles. The van der Waals surface area contributed by atoms with Gasteiger partial charge in [0.1, 0.15) is 6.17 Å². The number of benzene rings is 1. The lowest BCUT2D eigenvalue weighted by Crippen LogP contribution is -2.28. The van der Waals surface area contributed by atoms with E-state index < -0.39 is 4.92 Å². The predicted octanol–water partition coefficient (Wildman–Crippen LogP) is 2.22. The van der Waals surface area contributed by atoms with Gasteiger partial charge in [0.05, 0.1) is 11.5 Å². The summed E-state index contributed by atoms with van der Waals surface area (Å²) in [6, 6.07) is 6.46. The van der Waals surface area contributed by atoms with Gasteiger partial charge >= 0.3 is 0 Å². The summed E-state index contributed by atoms with van der Waals surface area (Å²) in [7, 11) is 0. The molecule has 6 heteroatoms. The molecule has 2 rings (SSSR count). The Kier molecular flexibility index (Phi) is 4.68. The van der Waals surface area contributed by atoms with Crippen molar-refractivity contribution in [3.05, 3.63) is 39.9 Å². The van der Waals surface area contributed by atoms with E-state index in [0.717, 1.165) is 31.4 Å². The number of nitrogens with zero attached hydrogens (tertiary/aromatic N) is 2. The number of non-ortho nitro benzene ring substituents is 1. The normalized spacial score (nSPS) is 19.1. The van der Waals surface area contributed by atoms with E-state index >= 15 is 0 Å². The second-order valence-electron chi connectivity index (χ2n) is 5.00. The maximum atomic E-state index is 11.6. The minimum absolute atomic E-state index is 0.0296. The van der Waals surface area contributed by atoms with Gasteiger partial charge in [0.15, 0.2) is 0 Å². The maximum absolute atomic E-state index is 11.6. The molecule has 1 aliphatic heterocycles. The van der Waals surface area contributed by atoms with E-state index in [1.54, 1.807) is 6.07 Å². The van der Waals surface area contributed by atoms with Gasteiger partial charge in [-0.15, -0.1) is 0 Å². The lowest BCUT2D eigenvalue weighted by molar-refractivity contribution is -0.385. The van der Waals surface area contributed by atoms with Gasteiger partial charge in [-0.3, -0.25) is 19.8 Å². The molecular formula is C14H19N3O3. The summed E-state index contributed by atoms with van der Waals surface area (Å²) in [5.74, 6) is -0.0296. The molecule has 1 aromatic rings. The van der Waals surface area contributed by atoms with Gasteiger partial charge in [-0.2, -0.15) is 0 Å². The summed E-state index contributed by atoms with van der Waals surface area (Å²) >= 11 is 0. The molecule has 1 amide bonds. The summed E-state index contributed by atoms with van der Waals surface area (Å²) in [6.45, 7) is 3.31. The molecule has 0 aliphatic carbocycles. The third-order valence-corrected chi connectivity index (χ3v) is 3.46. The van der Waals surface area contributed by atoms with E-state index in [1.807, 2.05) is 11.0 Å². The standard InChI is InChI=1S/C14H19N3O3/c1-2-3-4-8-16-10-13(18)15-14(16)11-6-5-7-12(9-11)17(19)20/h5-7,9,14H,2-4,8,10H2,1H3,(H,15,18)/t14-/m1/s1. The van der Waals surface area contributed by atoms with Gasteiger partial charge < -0.3 is 5.32 Å². The molecule has 20 heavy (non-hydrogen) atoms. The molecule has 0 spiro atoms. The number of carbonyl (C=O) groups is 1. The average Bonchev–Trinajstić information content (AvgIpc) is 2.80. The lowest BCUT2D eigenvalue weighted by atomic mass is 10.1. The van der Waals surface area contributed by atoms with E-state index in [0.29, 0.717) is 6.54 Å². The van der Waals surface area contributed by atoms with Crippen molar-refractivity contribution < 1.29 is 9.72 Å². The number of hydrogen-bond acceptors (Lipinski definition) is 4. The number of unbranched alkanes of at least 4 members (excludes halogenated alkanes) is 2. The molecule has 1 aromatic carbocycles. The van der Waals surface area contributed by atoms with Gasteiger partial charge in [0, 0.05) is 18.7 Å². The quantitative estimate of drug-likeness (QED) is 0.491. The minimum Gasteiger partial charge on any atom is -0.335 e. The third-order valence-electron chi connectivity index (χ3n) is 3.46. The molecule has 108 valence electrons. The van der Waals surface area contributed by atoms with E-state index in [-0.39, 0.29) is 17.8 Å². The van der Waals surface area contributed by atoms with Crippen LogP contribution in [0.15, 0.2) is 24.3 Å². The molecule has 1 atom stereocenters.